The smallest absolute Gasteiger partial charge is 0.131 e. The van der Waals surface area contributed by atoms with Gasteiger partial charge in [0.2, 0.25) is 0 Å². The van der Waals surface area contributed by atoms with Crippen LogP contribution in [0.25, 0.3) is 5.57 Å². The summed E-state index contributed by atoms with van der Waals surface area (Å²) in [5, 5.41) is 2.05. The molecule has 98 valence electrons. The van der Waals surface area contributed by atoms with Crippen LogP contribution < -0.4 is 0 Å². The Morgan fingerprint density at radius 2 is 1.89 bits per heavy atom. The van der Waals surface area contributed by atoms with Crippen molar-refractivity contribution in [2.45, 2.75) is 25.7 Å². The van der Waals surface area contributed by atoms with Gasteiger partial charge in [-0.25, -0.2) is 0 Å². The van der Waals surface area contributed by atoms with E-state index in [9.17, 15) is 4.79 Å². The number of thiophene rings is 1. The van der Waals surface area contributed by atoms with Crippen molar-refractivity contribution in [2.75, 3.05) is 0 Å². The highest BCUT2D eigenvalue weighted by Crippen LogP contribution is 2.42. The van der Waals surface area contributed by atoms with E-state index in [1.807, 2.05) is 41.8 Å². The zero-order valence-corrected chi connectivity index (χ0v) is 12.2. The van der Waals surface area contributed by atoms with Crippen LogP contribution in [0.5, 0.6) is 0 Å². The Morgan fingerprint density at radius 1 is 1.21 bits per heavy atom. The van der Waals surface area contributed by atoms with Crippen molar-refractivity contribution in [1.29, 1.82) is 0 Å². The highest BCUT2D eigenvalue weighted by atomic mass is 32.1. The minimum Gasteiger partial charge on any atom is -0.300 e. The van der Waals surface area contributed by atoms with Gasteiger partial charge in [0.15, 0.2) is 0 Å². The zero-order valence-electron chi connectivity index (χ0n) is 11.3. The number of ketones is 1. The number of benzene rings is 1. The summed E-state index contributed by atoms with van der Waals surface area (Å²) in [4.78, 5) is 12.8. The summed E-state index contributed by atoms with van der Waals surface area (Å²) in [6, 6.07) is 14.2. The Balaban J connectivity index is 2.44. The van der Waals surface area contributed by atoms with Crippen LogP contribution in [0.1, 0.15) is 30.7 Å². The topological polar surface area (TPSA) is 17.1 Å². The van der Waals surface area contributed by atoms with E-state index in [4.69, 9.17) is 0 Å². The summed E-state index contributed by atoms with van der Waals surface area (Å²) in [6.07, 6.45) is 0.487. The number of Topliss-reactive ketones (excluding diaryl/α,β-unsaturated/α-hetero) is 1. The van der Waals surface area contributed by atoms with Gasteiger partial charge >= 0.3 is 0 Å². The van der Waals surface area contributed by atoms with Crippen LogP contribution in [0.3, 0.4) is 0 Å². The van der Waals surface area contributed by atoms with Gasteiger partial charge in [0, 0.05) is 16.7 Å². The minimum absolute atomic E-state index is 0.188. The maximum atomic E-state index is 11.7. The molecule has 0 saturated heterocycles. The molecule has 2 aromatic rings. The average molecular weight is 270 g/mol. The molecule has 0 aliphatic carbocycles. The molecular formula is C17H18OS. The van der Waals surface area contributed by atoms with Gasteiger partial charge in [-0.15, -0.1) is 11.3 Å². The second-order valence-corrected chi connectivity index (χ2v) is 5.98. The lowest BCUT2D eigenvalue weighted by Gasteiger charge is -2.30. The van der Waals surface area contributed by atoms with E-state index < -0.39 is 0 Å². The van der Waals surface area contributed by atoms with Gasteiger partial charge < -0.3 is 0 Å². The molecule has 0 aliphatic rings. The van der Waals surface area contributed by atoms with E-state index in [2.05, 4.69) is 19.6 Å². The van der Waals surface area contributed by atoms with Crippen molar-refractivity contribution in [3.8, 4) is 0 Å². The van der Waals surface area contributed by atoms with Gasteiger partial charge in [0.05, 0.1) is 0 Å². The molecule has 1 aromatic heterocycles. The van der Waals surface area contributed by atoms with Gasteiger partial charge in [-0.05, 0) is 29.5 Å². The number of rotatable bonds is 5. The first-order valence-electron chi connectivity index (χ1n) is 6.32. The predicted octanol–water partition coefficient (Wildman–Crippen LogP) is 4.70. The molecule has 0 saturated carbocycles. The Bertz CT molecular complexity index is 569. The summed E-state index contributed by atoms with van der Waals surface area (Å²) < 4.78 is 0. The quantitative estimate of drug-likeness (QED) is 0.769. The van der Waals surface area contributed by atoms with Crippen molar-refractivity contribution in [2.24, 2.45) is 0 Å². The standard InChI is InChI=1S/C17H18OS/c1-13(18)12-17(3,16-10-7-11-19-16)14(2)15-8-5-4-6-9-15/h4-11H,2,12H2,1,3H3/t17-/m0/s1. The first-order chi connectivity index (χ1) is 9.04. The maximum absolute atomic E-state index is 11.7. The largest absolute Gasteiger partial charge is 0.300 e. The van der Waals surface area contributed by atoms with E-state index in [-0.39, 0.29) is 11.2 Å². The molecule has 1 nitrogen and oxygen atoms in total. The van der Waals surface area contributed by atoms with Crippen LogP contribution in [0.4, 0.5) is 0 Å². The van der Waals surface area contributed by atoms with Crippen molar-refractivity contribution in [3.05, 3.63) is 64.9 Å². The summed E-state index contributed by atoms with van der Waals surface area (Å²) in [5.74, 6) is 0.188. The van der Waals surface area contributed by atoms with E-state index in [0.29, 0.717) is 6.42 Å². The molecule has 0 radical (unpaired) electrons. The molecule has 1 heterocycles. The fraction of sp³-hybridized carbons (Fsp3) is 0.235. The third kappa shape index (κ3) is 2.85. The van der Waals surface area contributed by atoms with E-state index in [1.54, 1.807) is 18.3 Å². The van der Waals surface area contributed by atoms with Crippen LogP contribution >= 0.6 is 11.3 Å². The van der Waals surface area contributed by atoms with Crippen molar-refractivity contribution < 1.29 is 4.79 Å². The number of hydrogen-bond acceptors (Lipinski definition) is 2. The van der Waals surface area contributed by atoms with E-state index in [1.165, 1.54) is 4.88 Å². The lowest BCUT2D eigenvalue weighted by Crippen LogP contribution is -2.25. The zero-order chi connectivity index (χ0) is 13.9. The molecule has 0 N–H and O–H groups in total. The first-order valence-corrected chi connectivity index (χ1v) is 7.20. The lowest BCUT2D eigenvalue weighted by molar-refractivity contribution is -0.117. The van der Waals surface area contributed by atoms with Gasteiger partial charge in [0.25, 0.3) is 0 Å². The van der Waals surface area contributed by atoms with Crippen LogP contribution in [-0.4, -0.2) is 5.78 Å². The average Bonchev–Trinajstić information content (AvgIpc) is 2.92. The van der Waals surface area contributed by atoms with Crippen molar-refractivity contribution in [3.63, 3.8) is 0 Å². The third-order valence-corrected chi connectivity index (χ3v) is 4.59. The Morgan fingerprint density at radius 3 is 2.42 bits per heavy atom. The van der Waals surface area contributed by atoms with Crippen LogP contribution in [0.2, 0.25) is 0 Å². The van der Waals surface area contributed by atoms with Crippen molar-refractivity contribution >= 4 is 22.7 Å². The number of carbonyl (C=O) groups is 1. The van der Waals surface area contributed by atoms with Gasteiger partial charge in [-0.2, -0.15) is 0 Å². The van der Waals surface area contributed by atoms with Crippen LogP contribution in [0, 0.1) is 0 Å². The Kier molecular flexibility index (Phi) is 4.01. The fourth-order valence-corrected chi connectivity index (χ4v) is 3.31. The molecule has 0 aliphatic heterocycles. The fourth-order valence-electron chi connectivity index (χ4n) is 2.39. The highest BCUT2D eigenvalue weighted by molar-refractivity contribution is 7.10. The molecule has 0 amide bonds. The molecule has 0 fully saturated rings. The molecule has 0 unspecified atom stereocenters. The maximum Gasteiger partial charge on any atom is 0.131 e. The van der Waals surface area contributed by atoms with Gasteiger partial charge in [-0.1, -0.05) is 49.9 Å². The number of carbonyl (C=O) groups excluding carboxylic acids is 1. The monoisotopic (exact) mass is 270 g/mol. The lowest BCUT2D eigenvalue weighted by atomic mass is 9.74. The summed E-state index contributed by atoms with van der Waals surface area (Å²) in [6.45, 7) is 8.01. The van der Waals surface area contributed by atoms with Crippen molar-refractivity contribution in [1.82, 2.24) is 0 Å². The second-order valence-electron chi connectivity index (χ2n) is 5.03. The number of allylic oxidation sites excluding steroid dienone is 1. The third-order valence-electron chi connectivity index (χ3n) is 3.46. The van der Waals surface area contributed by atoms with Crippen LogP contribution in [0.15, 0.2) is 54.4 Å². The van der Waals surface area contributed by atoms with E-state index >= 15 is 0 Å². The first kappa shape index (κ1) is 13.8. The molecule has 0 bridgehead atoms. The van der Waals surface area contributed by atoms with Crippen LogP contribution in [-0.2, 0) is 10.2 Å². The molecular weight excluding hydrogens is 252 g/mol. The normalized spacial score (nSPS) is 13.8. The molecule has 2 rings (SSSR count). The molecule has 1 aromatic carbocycles. The summed E-state index contributed by atoms with van der Waals surface area (Å²) in [5.41, 5.74) is 1.78. The Labute approximate surface area is 118 Å². The van der Waals surface area contributed by atoms with Gasteiger partial charge in [-0.3, -0.25) is 4.79 Å². The minimum atomic E-state index is -0.318. The van der Waals surface area contributed by atoms with Gasteiger partial charge in [0.1, 0.15) is 5.78 Å². The van der Waals surface area contributed by atoms with E-state index in [0.717, 1.165) is 11.1 Å². The molecule has 2 heteroatoms. The SMILES string of the molecule is C=C(c1ccccc1)[C@](C)(CC(C)=O)c1cccs1. The Hall–Kier alpha value is -1.67. The molecule has 1 atom stereocenters. The molecule has 19 heavy (non-hydrogen) atoms. The molecule has 0 spiro atoms. The summed E-state index contributed by atoms with van der Waals surface area (Å²) >= 11 is 1.68. The predicted molar refractivity (Wildman–Crippen MR) is 82.4 cm³/mol. The number of hydrogen-bond donors (Lipinski definition) is 0. The highest BCUT2D eigenvalue weighted by Gasteiger charge is 2.33. The summed E-state index contributed by atoms with van der Waals surface area (Å²) in [7, 11) is 0. The second kappa shape index (κ2) is 5.54.